The van der Waals surface area contributed by atoms with Gasteiger partial charge in [0, 0.05) is 38.3 Å². The van der Waals surface area contributed by atoms with E-state index in [1.165, 1.54) is 64.7 Å². The molecule has 0 bridgehead atoms. The minimum absolute atomic E-state index is 0.733. The van der Waals surface area contributed by atoms with Crippen LogP contribution in [-0.4, -0.2) is 48.1 Å². The minimum atomic E-state index is 0.733. The summed E-state index contributed by atoms with van der Waals surface area (Å²) in [7, 11) is 0. The molecule has 0 atom stereocenters. The quantitative estimate of drug-likeness (QED) is 0.666. The largest absolute Gasteiger partial charge is 0.298 e. The third-order valence-corrected chi connectivity index (χ3v) is 4.42. The molecule has 2 aliphatic rings. The van der Waals surface area contributed by atoms with Crippen LogP contribution < -0.4 is 0 Å². The van der Waals surface area contributed by atoms with Crippen molar-refractivity contribution in [3.63, 3.8) is 0 Å². The van der Waals surface area contributed by atoms with Gasteiger partial charge in [0.25, 0.3) is 0 Å². The Bertz CT molecular complexity index is 187. The summed E-state index contributed by atoms with van der Waals surface area (Å²) in [5.74, 6) is 0. The van der Waals surface area contributed by atoms with Crippen LogP contribution >= 0.6 is 0 Å². The molecule has 16 heavy (non-hydrogen) atoms. The van der Waals surface area contributed by atoms with Crippen LogP contribution in [-0.2, 0) is 0 Å². The lowest BCUT2D eigenvalue weighted by atomic mass is 10.1. The molecule has 0 radical (unpaired) electrons. The van der Waals surface area contributed by atoms with E-state index in [0.717, 1.165) is 12.1 Å². The molecular formula is C14H28N2. The molecule has 1 saturated heterocycles. The fraction of sp³-hybridized carbons (Fsp3) is 1.00. The number of hydrogen-bond acceptors (Lipinski definition) is 2. The first kappa shape index (κ1) is 12.4. The topological polar surface area (TPSA) is 6.48 Å². The Morgan fingerprint density at radius 1 is 0.812 bits per heavy atom. The van der Waals surface area contributed by atoms with Crippen LogP contribution in [0.3, 0.4) is 0 Å². The van der Waals surface area contributed by atoms with Gasteiger partial charge in [-0.25, -0.2) is 0 Å². The van der Waals surface area contributed by atoms with Crippen molar-refractivity contribution in [3.8, 4) is 0 Å². The second-order valence-corrected chi connectivity index (χ2v) is 5.81. The van der Waals surface area contributed by atoms with E-state index in [1.54, 1.807) is 0 Å². The van der Waals surface area contributed by atoms with Crippen molar-refractivity contribution in [3.05, 3.63) is 0 Å². The van der Waals surface area contributed by atoms with Gasteiger partial charge in [-0.2, -0.15) is 0 Å². The molecule has 0 aromatic rings. The summed E-state index contributed by atoms with van der Waals surface area (Å²) >= 11 is 0. The van der Waals surface area contributed by atoms with Gasteiger partial charge in [0.2, 0.25) is 0 Å². The first-order valence-corrected chi connectivity index (χ1v) is 7.25. The average Bonchev–Trinajstić information content (AvgIpc) is 2.57. The highest BCUT2D eigenvalue weighted by atomic mass is 15.3. The third-order valence-electron chi connectivity index (χ3n) is 4.42. The molecule has 0 unspecified atom stereocenters. The van der Waals surface area contributed by atoms with Crippen molar-refractivity contribution in [1.29, 1.82) is 0 Å². The van der Waals surface area contributed by atoms with Crippen LogP contribution in [0, 0.1) is 0 Å². The van der Waals surface area contributed by atoms with E-state index in [0.29, 0.717) is 0 Å². The predicted octanol–water partition coefficient (Wildman–Crippen LogP) is 2.74. The molecular weight excluding hydrogens is 196 g/mol. The molecule has 1 saturated carbocycles. The maximum atomic E-state index is 2.77. The van der Waals surface area contributed by atoms with Gasteiger partial charge in [-0.05, 0) is 26.7 Å². The number of hydrogen-bond donors (Lipinski definition) is 0. The van der Waals surface area contributed by atoms with E-state index in [4.69, 9.17) is 0 Å². The molecule has 2 heteroatoms. The van der Waals surface area contributed by atoms with Crippen molar-refractivity contribution in [2.24, 2.45) is 0 Å². The number of piperazine rings is 1. The van der Waals surface area contributed by atoms with Crippen molar-refractivity contribution in [2.75, 3.05) is 26.2 Å². The van der Waals surface area contributed by atoms with Crippen LogP contribution in [0.4, 0.5) is 0 Å². The average molecular weight is 224 g/mol. The van der Waals surface area contributed by atoms with Gasteiger partial charge < -0.3 is 0 Å². The summed E-state index contributed by atoms with van der Waals surface area (Å²) in [6.45, 7) is 9.83. The Morgan fingerprint density at radius 3 is 1.88 bits per heavy atom. The molecule has 1 heterocycles. The Morgan fingerprint density at radius 2 is 1.38 bits per heavy atom. The minimum Gasteiger partial charge on any atom is -0.298 e. The Balaban J connectivity index is 1.78. The molecule has 94 valence electrons. The fourth-order valence-corrected chi connectivity index (χ4v) is 3.24. The highest BCUT2D eigenvalue weighted by Crippen LogP contribution is 2.23. The Kier molecular flexibility index (Phi) is 4.66. The first-order chi connectivity index (χ1) is 7.77. The molecule has 1 aliphatic heterocycles. The zero-order valence-electron chi connectivity index (χ0n) is 11.1. The lowest BCUT2D eigenvalue weighted by Crippen LogP contribution is -2.51. The standard InChI is InChI=1S/C14H28N2/c1-13(2)15-9-11-16(12-10-15)14-7-5-3-4-6-8-14/h13-14H,3-12H2,1-2H3. The second-order valence-electron chi connectivity index (χ2n) is 5.81. The van der Waals surface area contributed by atoms with Crippen molar-refractivity contribution in [1.82, 2.24) is 9.80 Å². The normalized spacial score (nSPS) is 27.2. The van der Waals surface area contributed by atoms with E-state index < -0.39 is 0 Å². The molecule has 1 aliphatic carbocycles. The predicted molar refractivity (Wildman–Crippen MR) is 69.8 cm³/mol. The summed E-state index contributed by atoms with van der Waals surface area (Å²) in [5, 5.41) is 0. The van der Waals surface area contributed by atoms with Gasteiger partial charge in [-0.3, -0.25) is 9.80 Å². The van der Waals surface area contributed by atoms with Gasteiger partial charge in [-0.1, -0.05) is 25.7 Å². The van der Waals surface area contributed by atoms with E-state index in [9.17, 15) is 0 Å². The zero-order chi connectivity index (χ0) is 11.4. The maximum absolute atomic E-state index is 2.77. The van der Waals surface area contributed by atoms with Crippen LogP contribution in [0.5, 0.6) is 0 Å². The summed E-state index contributed by atoms with van der Waals surface area (Å²) in [5.41, 5.74) is 0. The number of nitrogens with zero attached hydrogens (tertiary/aromatic N) is 2. The molecule has 0 spiro atoms. The highest BCUT2D eigenvalue weighted by Gasteiger charge is 2.24. The molecule has 0 aromatic carbocycles. The summed E-state index contributed by atoms with van der Waals surface area (Å²) in [4.78, 5) is 5.39. The Labute approximate surface area is 101 Å². The molecule has 0 amide bonds. The second kappa shape index (κ2) is 6.02. The van der Waals surface area contributed by atoms with Crippen LogP contribution in [0.1, 0.15) is 52.4 Å². The monoisotopic (exact) mass is 224 g/mol. The van der Waals surface area contributed by atoms with Crippen LogP contribution in [0.25, 0.3) is 0 Å². The van der Waals surface area contributed by atoms with Crippen LogP contribution in [0.15, 0.2) is 0 Å². The fourth-order valence-electron chi connectivity index (χ4n) is 3.24. The van der Waals surface area contributed by atoms with Crippen molar-refractivity contribution >= 4 is 0 Å². The van der Waals surface area contributed by atoms with E-state index in [2.05, 4.69) is 23.6 Å². The molecule has 2 nitrogen and oxygen atoms in total. The van der Waals surface area contributed by atoms with Gasteiger partial charge in [-0.15, -0.1) is 0 Å². The maximum Gasteiger partial charge on any atom is 0.0113 e. The first-order valence-electron chi connectivity index (χ1n) is 7.25. The van der Waals surface area contributed by atoms with E-state index in [1.807, 2.05) is 0 Å². The van der Waals surface area contributed by atoms with Gasteiger partial charge in [0.1, 0.15) is 0 Å². The van der Waals surface area contributed by atoms with Gasteiger partial charge in [0.05, 0.1) is 0 Å². The molecule has 2 rings (SSSR count). The smallest absolute Gasteiger partial charge is 0.0113 e. The van der Waals surface area contributed by atoms with Crippen LogP contribution in [0.2, 0.25) is 0 Å². The third kappa shape index (κ3) is 3.21. The van der Waals surface area contributed by atoms with Gasteiger partial charge in [0.15, 0.2) is 0 Å². The van der Waals surface area contributed by atoms with E-state index in [-0.39, 0.29) is 0 Å². The summed E-state index contributed by atoms with van der Waals surface area (Å²) < 4.78 is 0. The highest BCUT2D eigenvalue weighted by molar-refractivity contribution is 4.81. The number of rotatable bonds is 2. The van der Waals surface area contributed by atoms with E-state index >= 15 is 0 Å². The molecule has 0 N–H and O–H groups in total. The summed E-state index contributed by atoms with van der Waals surface area (Å²) in [6.07, 6.45) is 8.80. The summed E-state index contributed by atoms with van der Waals surface area (Å²) in [6, 6.07) is 1.65. The lowest BCUT2D eigenvalue weighted by Gasteiger charge is -2.40. The van der Waals surface area contributed by atoms with Crippen molar-refractivity contribution in [2.45, 2.75) is 64.5 Å². The zero-order valence-corrected chi connectivity index (χ0v) is 11.1. The molecule has 0 aromatic heterocycles. The van der Waals surface area contributed by atoms with Gasteiger partial charge >= 0.3 is 0 Å². The SMILES string of the molecule is CC(C)N1CCN(C2CCCCCC2)CC1. The lowest BCUT2D eigenvalue weighted by molar-refractivity contribution is 0.0726. The van der Waals surface area contributed by atoms with Crippen molar-refractivity contribution < 1.29 is 0 Å². The Hall–Kier alpha value is -0.0800. The molecule has 2 fully saturated rings.